The van der Waals surface area contributed by atoms with E-state index >= 15 is 0 Å². The van der Waals surface area contributed by atoms with Gasteiger partial charge in [0, 0.05) is 8.95 Å². The topological polar surface area (TPSA) is 109 Å². The molecule has 0 aliphatic heterocycles. The quantitative estimate of drug-likeness (QED) is 0.353. The van der Waals surface area contributed by atoms with Crippen molar-refractivity contribution < 1.29 is 52.3 Å². The van der Waals surface area contributed by atoms with Crippen LogP contribution in [-0.2, 0) is 39.0 Å². The summed E-state index contributed by atoms with van der Waals surface area (Å²) in [5.74, 6) is 0. The largest absolute Gasteiger partial charge is 0.416 e. The van der Waals surface area contributed by atoms with E-state index in [4.69, 9.17) is 0 Å². The van der Waals surface area contributed by atoms with Gasteiger partial charge < -0.3 is 0 Å². The minimum atomic E-state index is -5.18. The lowest BCUT2D eigenvalue weighted by atomic mass is 10.0. The van der Waals surface area contributed by atoms with Crippen LogP contribution in [-0.4, -0.2) is 25.9 Å². The van der Waals surface area contributed by atoms with Crippen molar-refractivity contribution in [3.8, 4) is 0 Å². The van der Waals surface area contributed by atoms with Crippen LogP contribution in [0.25, 0.3) is 0 Å². The second-order valence-corrected chi connectivity index (χ2v) is 10.4. The minimum absolute atomic E-state index is 0.119. The average molecular weight is 622 g/mol. The molecule has 0 radical (unpaired) electrons. The number of rotatable bonds is 4. The van der Waals surface area contributed by atoms with Crippen molar-refractivity contribution in [2.24, 2.45) is 0 Å². The molecule has 2 N–H and O–H groups in total. The van der Waals surface area contributed by atoms with Crippen molar-refractivity contribution in [2.75, 3.05) is 0 Å². The maximum Gasteiger partial charge on any atom is 0.416 e. The van der Waals surface area contributed by atoms with Gasteiger partial charge in [-0.2, -0.15) is 43.2 Å². The molecule has 172 valence electrons. The summed E-state index contributed by atoms with van der Waals surface area (Å²) in [4.78, 5) is -2.40. The molecule has 16 heteroatoms. The smallest absolute Gasteiger partial charge is 0.282 e. The Morgan fingerprint density at radius 1 is 0.677 bits per heavy atom. The lowest BCUT2D eigenvalue weighted by molar-refractivity contribution is -0.138. The van der Waals surface area contributed by atoms with Crippen LogP contribution >= 0.6 is 31.9 Å². The SMILES string of the molecule is O=S(=O)(O)c1cc(C(F)(F)F)cc(Cc2cc(C(F)(F)F)cc(S(=O)(=O)O)c2Br)c1Br. The zero-order chi connectivity index (χ0) is 24.2. The van der Waals surface area contributed by atoms with Gasteiger partial charge in [-0.1, -0.05) is 0 Å². The zero-order valence-electron chi connectivity index (χ0n) is 14.4. The first-order chi connectivity index (χ1) is 13.7. The molecule has 0 amide bonds. The summed E-state index contributed by atoms with van der Waals surface area (Å²) in [5, 5.41) is 0. The lowest BCUT2D eigenvalue weighted by Crippen LogP contribution is -2.12. The van der Waals surface area contributed by atoms with Crippen LogP contribution in [0.3, 0.4) is 0 Å². The number of benzene rings is 2. The summed E-state index contributed by atoms with van der Waals surface area (Å²) in [7, 11) is -10.4. The molecule has 2 aromatic carbocycles. The van der Waals surface area contributed by atoms with Gasteiger partial charge in [-0.15, -0.1) is 0 Å². The monoisotopic (exact) mass is 620 g/mol. The highest BCUT2D eigenvalue weighted by atomic mass is 79.9. The second-order valence-electron chi connectivity index (χ2n) is 6.02. The zero-order valence-corrected chi connectivity index (χ0v) is 19.2. The Morgan fingerprint density at radius 3 is 1.19 bits per heavy atom. The van der Waals surface area contributed by atoms with Gasteiger partial charge in [-0.3, -0.25) is 9.11 Å². The van der Waals surface area contributed by atoms with Crippen molar-refractivity contribution in [3.05, 3.63) is 55.5 Å². The number of hydrogen-bond donors (Lipinski definition) is 2. The van der Waals surface area contributed by atoms with Crippen molar-refractivity contribution in [3.63, 3.8) is 0 Å². The van der Waals surface area contributed by atoms with Crippen LogP contribution in [0.15, 0.2) is 43.0 Å². The summed E-state index contributed by atoms with van der Waals surface area (Å²) in [6, 6.07) is 1.07. The first-order valence-corrected chi connectivity index (χ1v) is 11.9. The third kappa shape index (κ3) is 5.98. The normalized spacial score (nSPS) is 13.5. The molecular formula is C15H8Br2F6O6S2. The molecule has 0 unspecified atom stereocenters. The molecule has 0 spiro atoms. The molecule has 0 fully saturated rings. The van der Waals surface area contributed by atoms with E-state index in [1.54, 1.807) is 0 Å². The van der Waals surface area contributed by atoms with Gasteiger partial charge in [-0.25, -0.2) is 0 Å². The Bertz CT molecular complexity index is 1160. The molecule has 0 aliphatic rings. The van der Waals surface area contributed by atoms with E-state index in [0.717, 1.165) is 0 Å². The number of halogens is 8. The standard InChI is InChI=1S/C15H8Br2F6O6S2/c16-12-6(2-8(14(18,19)20)4-10(12)30(24,25)26)1-7-3-9(15(21,22)23)5-11(13(7)17)31(27,28)29/h2-5H,1H2,(H,24,25,26)(H,27,28,29). The van der Waals surface area contributed by atoms with Crippen molar-refractivity contribution >= 4 is 52.1 Å². The Kier molecular flexibility index (Phi) is 6.97. The molecule has 0 saturated carbocycles. The van der Waals surface area contributed by atoms with Crippen molar-refractivity contribution in [1.82, 2.24) is 0 Å². The van der Waals surface area contributed by atoms with Gasteiger partial charge in [0.15, 0.2) is 0 Å². The molecule has 2 rings (SSSR count). The third-order valence-corrected chi connectivity index (χ3v) is 7.97. The van der Waals surface area contributed by atoms with Gasteiger partial charge >= 0.3 is 12.4 Å². The summed E-state index contributed by atoms with van der Waals surface area (Å²) in [6.45, 7) is 0. The summed E-state index contributed by atoms with van der Waals surface area (Å²) < 4.78 is 142. The van der Waals surface area contributed by atoms with Crippen LogP contribution in [0.2, 0.25) is 0 Å². The average Bonchev–Trinajstić information content (AvgIpc) is 2.53. The maximum atomic E-state index is 13.2. The first kappa shape index (κ1) is 26.1. The van der Waals surface area contributed by atoms with Crippen LogP contribution in [0.4, 0.5) is 26.3 Å². The van der Waals surface area contributed by atoms with E-state index in [2.05, 4.69) is 31.9 Å². The van der Waals surface area contributed by atoms with Gasteiger partial charge in [0.2, 0.25) is 0 Å². The molecule has 2 aromatic rings. The highest BCUT2D eigenvalue weighted by Gasteiger charge is 2.36. The predicted octanol–water partition coefficient (Wildman–Crippen LogP) is 5.33. The molecular weight excluding hydrogens is 614 g/mol. The number of alkyl halides is 6. The third-order valence-electron chi connectivity index (χ3n) is 3.82. The molecule has 31 heavy (non-hydrogen) atoms. The van der Waals surface area contributed by atoms with Gasteiger partial charge in [0.1, 0.15) is 9.79 Å². The molecule has 0 aromatic heterocycles. The lowest BCUT2D eigenvalue weighted by Gasteiger charge is -2.17. The Labute approximate surface area is 188 Å². The molecule has 0 bridgehead atoms. The van der Waals surface area contributed by atoms with E-state index < -0.39 is 80.0 Å². The van der Waals surface area contributed by atoms with E-state index in [0.29, 0.717) is 12.1 Å². The highest BCUT2D eigenvalue weighted by molar-refractivity contribution is 9.10. The number of hydrogen-bond acceptors (Lipinski definition) is 4. The fourth-order valence-corrected chi connectivity index (χ4v) is 5.71. The van der Waals surface area contributed by atoms with Crippen molar-refractivity contribution in [2.45, 2.75) is 28.6 Å². The van der Waals surface area contributed by atoms with E-state index in [1.807, 2.05) is 0 Å². The van der Waals surface area contributed by atoms with Crippen molar-refractivity contribution in [1.29, 1.82) is 0 Å². The summed E-state index contributed by atoms with van der Waals surface area (Å²) >= 11 is 5.41. The Morgan fingerprint density at radius 2 is 0.968 bits per heavy atom. The summed E-state index contributed by atoms with van der Waals surface area (Å²) in [6.07, 6.45) is -11.0. The second kappa shape index (κ2) is 8.30. The molecule has 0 atom stereocenters. The van der Waals surface area contributed by atoms with E-state index in [9.17, 15) is 52.3 Å². The fraction of sp³-hybridized carbons (Fsp3) is 0.200. The van der Waals surface area contributed by atoms with E-state index in [-0.39, 0.29) is 12.1 Å². The molecule has 0 aliphatic carbocycles. The van der Waals surface area contributed by atoms with Gasteiger partial charge in [0.05, 0.1) is 11.1 Å². The molecule has 0 heterocycles. The Hall–Kier alpha value is -1.20. The minimum Gasteiger partial charge on any atom is -0.282 e. The Balaban J connectivity index is 2.85. The van der Waals surface area contributed by atoms with Crippen LogP contribution in [0.1, 0.15) is 22.3 Å². The van der Waals surface area contributed by atoms with Gasteiger partial charge in [0.25, 0.3) is 20.2 Å². The van der Waals surface area contributed by atoms with Gasteiger partial charge in [-0.05, 0) is 73.7 Å². The highest BCUT2D eigenvalue weighted by Crippen LogP contribution is 2.40. The van der Waals surface area contributed by atoms with Crippen LogP contribution in [0.5, 0.6) is 0 Å². The predicted molar refractivity (Wildman–Crippen MR) is 101 cm³/mol. The summed E-state index contributed by atoms with van der Waals surface area (Å²) in [5.41, 5.74) is -4.14. The maximum absolute atomic E-state index is 13.2. The van der Waals surface area contributed by atoms with Crippen LogP contribution in [0, 0.1) is 0 Å². The molecule has 0 saturated heterocycles. The van der Waals surface area contributed by atoms with Crippen LogP contribution < -0.4 is 0 Å². The fourth-order valence-electron chi connectivity index (χ4n) is 2.48. The molecule has 6 nitrogen and oxygen atoms in total. The van der Waals surface area contributed by atoms with E-state index in [1.165, 1.54) is 0 Å². The first-order valence-electron chi connectivity index (χ1n) is 7.47.